The van der Waals surface area contributed by atoms with Gasteiger partial charge in [-0.1, -0.05) is 6.92 Å². The van der Waals surface area contributed by atoms with Gasteiger partial charge in [0.2, 0.25) is 0 Å². The zero-order valence-electron chi connectivity index (χ0n) is 9.54. The van der Waals surface area contributed by atoms with Crippen LogP contribution in [0.3, 0.4) is 0 Å². The number of hydrogen-bond acceptors (Lipinski definition) is 3. The van der Waals surface area contributed by atoms with Gasteiger partial charge in [0.05, 0.1) is 0 Å². The summed E-state index contributed by atoms with van der Waals surface area (Å²) in [6.45, 7) is 5.39. The molecule has 1 aliphatic heterocycles. The van der Waals surface area contributed by atoms with Crippen LogP contribution in [0.15, 0.2) is 0 Å². The van der Waals surface area contributed by atoms with Crippen molar-refractivity contribution in [3.8, 4) is 0 Å². The molecular weight excluding hydrogens is 188 g/mol. The second kappa shape index (κ2) is 5.08. The molecule has 3 heteroatoms. The summed E-state index contributed by atoms with van der Waals surface area (Å²) in [4.78, 5) is 10.5. The molecule has 1 aliphatic carbocycles. The van der Waals surface area contributed by atoms with E-state index in [9.17, 15) is 4.79 Å². The highest BCUT2D eigenvalue weighted by molar-refractivity contribution is 5.52. The predicted octanol–water partition coefficient (Wildman–Crippen LogP) is 0.799. The lowest BCUT2D eigenvalue weighted by molar-refractivity contribution is -0.110. The maximum atomic E-state index is 10.5. The highest BCUT2D eigenvalue weighted by Gasteiger charge is 2.38. The molecule has 0 aromatic heterocycles. The van der Waals surface area contributed by atoms with Gasteiger partial charge in [0, 0.05) is 12.0 Å². The summed E-state index contributed by atoms with van der Waals surface area (Å²) in [5.74, 6) is 1.96. The van der Waals surface area contributed by atoms with Crippen LogP contribution in [-0.2, 0) is 4.79 Å². The van der Waals surface area contributed by atoms with Crippen LogP contribution < -0.4 is 10.6 Å². The highest BCUT2D eigenvalue weighted by atomic mass is 16.1. The first-order valence-electron chi connectivity index (χ1n) is 6.20. The fourth-order valence-corrected chi connectivity index (χ4v) is 2.97. The van der Waals surface area contributed by atoms with E-state index in [4.69, 9.17) is 0 Å². The van der Waals surface area contributed by atoms with E-state index in [0.717, 1.165) is 31.1 Å². The van der Waals surface area contributed by atoms with Gasteiger partial charge < -0.3 is 15.4 Å². The Labute approximate surface area is 92.0 Å². The van der Waals surface area contributed by atoms with Crippen molar-refractivity contribution in [2.75, 3.05) is 19.6 Å². The summed E-state index contributed by atoms with van der Waals surface area (Å²) < 4.78 is 0. The Hall–Kier alpha value is -0.410. The molecule has 4 atom stereocenters. The zero-order chi connectivity index (χ0) is 10.7. The lowest BCUT2D eigenvalue weighted by atomic mass is 9.97. The number of hydrogen-bond donors (Lipinski definition) is 2. The maximum absolute atomic E-state index is 10.5. The molecule has 15 heavy (non-hydrogen) atoms. The molecule has 2 N–H and O–H groups in total. The Kier molecular flexibility index (Phi) is 3.76. The largest absolute Gasteiger partial charge is 0.316 e. The minimum atomic E-state index is 0.205. The Balaban J connectivity index is 1.69. The monoisotopic (exact) mass is 210 g/mol. The van der Waals surface area contributed by atoms with Gasteiger partial charge in [-0.25, -0.2) is 0 Å². The fraction of sp³-hybridized carbons (Fsp3) is 0.917. The molecule has 86 valence electrons. The average Bonchev–Trinajstić information content (AvgIpc) is 2.81. The topological polar surface area (TPSA) is 41.1 Å². The van der Waals surface area contributed by atoms with Crippen molar-refractivity contribution in [1.29, 1.82) is 0 Å². The Morgan fingerprint density at radius 2 is 2.33 bits per heavy atom. The third kappa shape index (κ3) is 2.58. The van der Waals surface area contributed by atoms with Gasteiger partial charge in [0.1, 0.15) is 6.29 Å². The van der Waals surface area contributed by atoms with Crippen LogP contribution in [0, 0.1) is 17.8 Å². The molecule has 1 heterocycles. The summed E-state index contributed by atoms with van der Waals surface area (Å²) in [7, 11) is 0. The molecule has 0 bridgehead atoms. The number of fused-ring (bicyclic) bond motifs is 1. The van der Waals surface area contributed by atoms with Gasteiger partial charge in [-0.05, 0) is 50.7 Å². The van der Waals surface area contributed by atoms with E-state index in [1.807, 2.05) is 6.92 Å². The lowest BCUT2D eigenvalue weighted by Gasteiger charge is -2.19. The molecule has 2 fully saturated rings. The van der Waals surface area contributed by atoms with E-state index in [1.54, 1.807) is 0 Å². The van der Waals surface area contributed by atoms with E-state index in [-0.39, 0.29) is 5.92 Å². The van der Waals surface area contributed by atoms with Crippen LogP contribution in [0.1, 0.15) is 26.2 Å². The molecule has 1 unspecified atom stereocenters. The van der Waals surface area contributed by atoms with Crippen molar-refractivity contribution in [2.24, 2.45) is 17.8 Å². The number of carbonyl (C=O) groups excluding carboxylic acids is 1. The smallest absolute Gasteiger partial charge is 0.122 e. The Bertz CT molecular complexity index is 220. The summed E-state index contributed by atoms with van der Waals surface area (Å²) in [6, 6.07) is 0.698. The summed E-state index contributed by atoms with van der Waals surface area (Å²) in [5, 5.41) is 7.09. The normalized spacial score (nSPS) is 36.5. The molecule has 0 aromatic carbocycles. The van der Waals surface area contributed by atoms with Crippen molar-refractivity contribution in [3.63, 3.8) is 0 Å². The van der Waals surface area contributed by atoms with Gasteiger partial charge >= 0.3 is 0 Å². The first-order valence-corrected chi connectivity index (χ1v) is 6.20. The minimum Gasteiger partial charge on any atom is -0.316 e. The van der Waals surface area contributed by atoms with Crippen LogP contribution >= 0.6 is 0 Å². The molecule has 1 saturated carbocycles. The molecule has 2 rings (SSSR count). The Morgan fingerprint density at radius 1 is 1.47 bits per heavy atom. The second-order valence-corrected chi connectivity index (χ2v) is 5.12. The van der Waals surface area contributed by atoms with Gasteiger partial charge in [-0.2, -0.15) is 0 Å². The predicted molar refractivity (Wildman–Crippen MR) is 60.7 cm³/mol. The maximum Gasteiger partial charge on any atom is 0.122 e. The van der Waals surface area contributed by atoms with Crippen LogP contribution in [-0.4, -0.2) is 32.0 Å². The van der Waals surface area contributed by atoms with E-state index in [0.29, 0.717) is 6.04 Å². The first-order chi connectivity index (χ1) is 7.31. The molecule has 1 saturated heterocycles. The van der Waals surface area contributed by atoms with Gasteiger partial charge in [-0.15, -0.1) is 0 Å². The van der Waals surface area contributed by atoms with Crippen LogP contribution in [0.2, 0.25) is 0 Å². The minimum absolute atomic E-state index is 0.205. The molecular formula is C12H22N2O. The third-order valence-corrected chi connectivity index (χ3v) is 4.00. The van der Waals surface area contributed by atoms with Gasteiger partial charge in [0.15, 0.2) is 0 Å². The summed E-state index contributed by atoms with van der Waals surface area (Å²) in [6.07, 6.45) is 4.73. The SMILES string of the molecule is CC(C=O)CCN[C@H]1CC[C@@H]2CNC[C@@H]21. The average molecular weight is 210 g/mol. The lowest BCUT2D eigenvalue weighted by Crippen LogP contribution is -2.36. The van der Waals surface area contributed by atoms with Crippen LogP contribution in [0.4, 0.5) is 0 Å². The summed E-state index contributed by atoms with van der Waals surface area (Å²) >= 11 is 0. The van der Waals surface area contributed by atoms with E-state index >= 15 is 0 Å². The van der Waals surface area contributed by atoms with Crippen molar-refractivity contribution >= 4 is 6.29 Å². The van der Waals surface area contributed by atoms with E-state index in [1.165, 1.54) is 25.9 Å². The van der Waals surface area contributed by atoms with Crippen molar-refractivity contribution < 1.29 is 4.79 Å². The van der Waals surface area contributed by atoms with Crippen molar-refractivity contribution in [3.05, 3.63) is 0 Å². The zero-order valence-corrected chi connectivity index (χ0v) is 9.54. The molecule has 3 nitrogen and oxygen atoms in total. The van der Waals surface area contributed by atoms with Crippen molar-refractivity contribution in [2.45, 2.75) is 32.2 Å². The molecule has 0 spiro atoms. The van der Waals surface area contributed by atoms with Crippen molar-refractivity contribution in [1.82, 2.24) is 10.6 Å². The quantitative estimate of drug-likeness (QED) is 0.659. The number of rotatable bonds is 5. The number of nitrogens with one attached hydrogen (secondary N) is 2. The number of aldehydes is 1. The Morgan fingerprint density at radius 3 is 3.13 bits per heavy atom. The highest BCUT2D eigenvalue weighted by Crippen LogP contribution is 2.34. The molecule has 2 aliphatic rings. The second-order valence-electron chi connectivity index (χ2n) is 5.12. The van der Waals surface area contributed by atoms with Gasteiger partial charge in [-0.3, -0.25) is 0 Å². The third-order valence-electron chi connectivity index (χ3n) is 4.00. The molecule has 0 radical (unpaired) electrons. The van der Waals surface area contributed by atoms with E-state index in [2.05, 4.69) is 10.6 Å². The van der Waals surface area contributed by atoms with Gasteiger partial charge in [0.25, 0.3) is 0 Å². The fourth-order valence-electron chi connectivity index (χ4n) is 2.97. The first kappa shape index (κ1) is 11.1. The molecule has 0 aromatic rings. The van der Waals surface area contributed by atoms with Crippen LogP contribution in [0.5, 0.6) is 0 Å². The van der Waals surface area contributed by atoms with E-state index < -0.39 is 0 Å². The summed E-state index contributed by atoms with van der Waals surface area (Å²) in [5.41, 5.74) is 0. The molecule has 0 amide bonds. The number of carbonyl (C=O) groups is 1. The standard InChI is InChI=1S/C12H22N2O/c1-9(8-15)4-5-14-12-3-2-10-6-13-7-11(10)12/h8-14H,2-7H2,1H3/t9?,10-,11+,12+/m1/s1. The van der Waals surface area contributed by atoms with Crippen LogP contribution in [0.25, 0.3) is 0 Å².